The molecule has 2 aromatic carbocycles. The Morgan fingerprint density at radius 3 is 1.55 bits per heavy atom. The van der Waals surface area contributed by atoms with Crippen molar-refractivity contribution in [3.63, 3.8) is 0 Å². The van der Waals surface area contributed by atoms with Gasteiger partial charge in [0.2, 0.25) is 0 Å². The number of hydrogen-bond donors (Lipinski definition) is 2. The third-order valence-electron chi connectivity index (χ3n) is 7.55. The van der Waals surface area contributed by atoms with Crippen LogP contribution in [0.1, 0.15) is 28.8 Å². The summed E-state index contributed by atoms with van der Waals surface area (Å²) in [6.07, 6.45) is -2.00. The van der Waals surface area contributed by atoms with Gasteiger partial charge in [-0.1, -0.05) is 18.2 Å². The molecule has 0 aromatic heterocycles. The highest BCUT2D eigenvalue weighted by atomic mass is 19.4. The summed E-state index contributed by atoms with van der Waals surface area (Å²) in [5, 5.41) is 6.18. The summed E-state index contributed by atoms with van der Waals surface area (Å²) in [6.45, 7) is 9.70. The molecule has 0 unspecified atom stereocenters. The van der Waals surface area contributed by atoms with Gasteiger partial charge in [-0.2, -0.15) is 13.2 Å². The van der Waals surface area contributed by atoms with Crippen LogP contribution in [0.25, 0.3) is 0 Å². The summed E-state index contributed by atoms with van der Waals surface area (Å²) in [5.74, 6) is -0.626. The Labute approximate surface area is 309 Å². The minimum atomic E-state index is -4.48. The molecule has 2 N–H and O–H groups in total. The lowest BCUT2D eigenvalue weighted by Gasteiger charge is -2.22. The Hall–Kier alpha value is -2.90. The molecule has 1 aliphatic heterocycles. The van der Waals surface area contributed by atoms with Crippen molar-refractivity contribution in [3.8, 4) is 0 Å². The molecule has 300 valence electrons. The number of esters is 1. The third-order valence-corrected chi connectivity index (χ3v) is 7.55. The third kappa shape index (κ3) is 21.5. The number of hydrogen-bond acceptors (Lipinski definition) is 13. The van der Waals surface area contributed by atoms with Gasteiger partial charge in [-0.15, -0.1) is 0 Å². The lowest BCUT2D eigenvalue weighted by atomic mass is 10.1. The summed E-state index contributed by atoms with van der Waals surface area (Å²) < 4.78 is 94.0. The highest BCUT2D eigenvalue weighted by molar-refractivity contribution is 5.96. The van der Waals surface area contributed by atoms with Crippen LogP contribution in [-0.2, 0) is 53.5 Å². The van der Waals surface area contributed by atoms with Crippen LogP contribution in [-0.4, -0.2) is 144 Å². The summed E-state index contributed by atoms with van der Waals surface area (Å²) in [7, 11) is 0. The number of piperidine rings is 1. The summed E-state index contributed by atoms with van der Waals surface area (Å²) >= 11 is 0. The number of rotatable bonds is 31. The molecule has 1 aliphatic rings. The van der Waals surface area contributed by atoms with Crippen molar-refractivity contribution in [2.45, 2.75) is 25.1 Å². The highest BCUT2D eigenvalue weighted by Gasteiger charge is 2.30. The lowest BCUT2D eigenvalue weighted by molar-refractivity contribution is -0.137. The van der Waals surface area contributed by atoms with E-state index in [0.717, 1.165) is 38.1 Å². The average molecular weight is 761 g/mol. The number of alkyl halides is 3. The van der Waals surface area contributed by atoms with E-state index in [1.54, 1.807) is 18.2 Å². The summed E-state index contributed by atoms with van der Waals surface area (Å²) in [6, 6.07) is 11.1. The van der Waals surface area contributed by atoms with Gasteiger partial charge in [0.1, 0.15) is 6.61 Å². The van der Waals surface area contributed by atoms with E-state index in [0.29, 0.717) is 118 Å². The maximum atomic E-state index is 13.0. The molecule has 0 aliphatic carbocycles. The predicted octanol–water partition coefficient (Wildman–Crippen LogP) is 4.51. The van der Waals surface area contributed by atoms with Crippen LogP contribution in [0.5, 0.6) is 0 Å². The molecule has 13 nitrogen and oxygen atoms in total. The number of para-hydroxylation sites is 1. The van der Waals surface area contributed by atoms with Crippen molar-refractivity contribution < 1.29 is 65.3 Å². The number of nitrogens with one attached hydrogen (secondary N) is 2. The number of halogens is 3. The minimum absolute atomic E-state index is 0.000976. The first-order valence-corrected chi connectivity index (χ1v) is 18.1. The maximum Gasteiger partial charge on any atom is 0.416 e. The van der Waals surface area contributed by atoms with Crippen LogP contribution in [0.15, 0.2) is 48.5 Å². The fourth-order valence-electron chi connectivity index (χ4n) is 4.85. The largest absolute Gasteiger partial charge is 0.460 e. The van der Waals surface area contributed by atoms with Crippen LogP contribution in [0.2, 0.25) is 0 Å². The van der Waals surface area contributed by atoms with E-state index in [2.05, 4.69) is 10.6 Å². The Morgan fingerprint density at radius 1 is 0.604 bits per heavy atom. The highest BCUT2D eigenvalue weighted by Crippen LogP contribution is 2.32. The van der Waals surface area contributed by atoms with E-state index in [4.69, 9.17) is 47.4 Å². The van der Waals surface area contributed by atoms with Gasteiger partial charge in [-0.05, 0) is 56.3 Å². The monoisotopic (exact) mass is 760 g/mol. The molecular formula is C37H55F3N2O11. The predicted molar refractivity (Wildman–Crippen MR) is 190 cm³/mol. The first kappa shape index (κ1) is 44.5. The molecule has 53 heavy (non-hydrogen) atoms. The Kier molecular flexibility index (Phi) is 24.0. The topological polar surface area (TPSA) is 133 Å². The zero-order valence-corrected chi connectivity index (χ0v) is 30.4. The van der Waals surface area contributed by atoms with E-state index >= 15 is 0 Å². The molecule has 0 radical (unpaired) electrons. The van der Waals surface area contributed by atoms with Crippen LogP contribution in [0.4, 0.5) is 24.5 Å². The second-order valence-corrected chi connectivity index (χ2v) is 11.6. The van der Waals surface area contributed by atoms with Crippen LogP contribution in [0, 0.1) is 0 Å². The van der Waals surface area contributed by atoms with Gasteiger partial charge in [0.15, 0.2) is 0 Å². The summed E-state index contributed by atoms with van der Waals surface area (Å²) in [4.78, 5) is 12.6. The van der Waals surface area contributed by atoms with Gasteiger partial charge >= 0.3 is 12.1 Å². The molecular weight excluding hydrogens is 705 g/mol. The Balaban J connectivity index is 1.01. The molecule has 0 bridgehead atoms. The first-order valence-electron chi connectivity index (χ1n) is 18.1. The average Bonchev–Trinajstić information content (AvgIpc) is 3.16. The molecule has 0 saturated carbocycles. The number of benzene rings is 2. The lowest BCUT2D eigenvalue weighted by Crippen LogP contribution is -2.33. The maximum absolute atomic E-state index is 13.0. The zero-order valence-electron chi connectivity index (χ0n) is 30.4. The van der Waals surface area contributed by atoms with E-state index in [1.165, 1.54) is 18.2 Å². The van der Waals surface area contributed by atoms with Crippen LogP contribution in [0.3, 0.4) is 0 Å². The fourth-order valence-corrected chi connectivity index (χ4v) is 4.85. The molecule has 0 atom stereocenters. The molecule has 0 amide bonds. The minimum Gasteiger partial charge on any atom is -0.460 e. The molecule has 1 heterocycles. The number of carbonyl (C=O) groups is 1. The molecule has 1 saturated heterocycles. The second-order valence-electron chi connectivity index (χ2n) is 11.6. The van der Waals surface area contributed by atoms with E-state index in [-0.39, 0.29) is 24.5 Å². The fraction of sp³-hybridized carbons (Fsp3) is 0.649. The van der Waals surface area contributed by atoms with E-state index < -0.39 is 17.7 Å². The van der Waals surface area contributed by atoms with Gasteiger partial charge in [0.25, 0.3) is 0 Å². The number of anilines is 2. The van der Waals surface area contributed by atoms with Gasteiger partial charge in [-0.25, -0.2) is 4.79 Å². The standard InChI is InChI=1S/C37H55F3N2O11/c38-37(39,40)31-4-3-5-32(30-31)42-35-7-2-1-6-34(35)36(43)53-29-27-51-25-23-49-21-19-47-17-15-45-13-12-44-14-16-46-18-20-48-22-24-50-26-28-52-33-8-10-41-11-9-33/h1-7,30,33,41-42H,8-29H2. The van der Waals surface area contributed by atoms with Crippen molar-refractivity contribution in [1.82, 2.24) is 5.32 Å². The van der Waals surface area contributed by atoms with Crippen molar-refractivity contribution >= 4 is 17.3 Å². The van der Waals surface area contributed by atoms with Gasteiger partial charge in [0.05, 0.1) is 135 Å². The van der Waals surface area contributed by atoms with Gasteiger partial charge < -0.3 is 58.0 Å². The molecule has 2 aromatic rings. The quantitative estimate of drug-likeness (QED) is 0.0826. The second kappa shape index (κ2) is 28.5. The molecule has 16 heteroatoms. The Morgan fingerprint density at radius 2 is 1.06 bits per heavy atom. The molecule has 1 fully saturated rings. The van der Waals surface area contributed by atoms with Gasteiger partial charge in [-0.3, -0.25) is 0 Å². The molecule has 0 spiro atoms. The normalized spacial score (nSPS) is 13.7. The SMILES string of the molecule is O=C(OCCOCCOCCOCCOCCOCCOCCOCCOCCOC1CCNCC1)c1ccccc1Nc1cccc(C(F)(F)F)c1. The van der Waals surface area contributed by atoms with Crippen molar-refractivity contribution in [2.75, 3.05) is 137 Å². The van der Waals surface area contributed by atoms with Crippen molar-refractivity contribution in [2.24, 2.45) is 0 Å². The van der Waals surface area contributed by atoms with Crippen molar-refractivity contribution in [3.05, 3.63) is 59.7 Å². The van der Waals surface area contributed by atoms with E-state index in [1.807, 2.05) is 0 Å². The number of ether oxygens (including phenoxy) is 10. The van der Waals surface area contributed by atoms with Crippen LogP contribution < -0.4 is 10.6 Å². The molecule has 3 rings (SSSR count). The Bertz CT molecular complexity index is 1220. The number of carbonyl (C=O) groups excluding carboxylic acids is 1. The van der Waals surface area contributed by atoms with Gasteiger partial charge in [0, 0.05) is 5.69 Å². The zero-order chi connectivity index (χ0) is 37.7. The van der Waals surface area contributed by atoms with E-state index in [9.17, 15) is 18.0 Å². The van der Waals surface area contributed by atoms with Crippen LogP contribution >= 0.6 is 0 Å². The first-order chi connectivity index (χ1) is 25.9. The summed E-state index contributed by atoms with van der Waals surface area (Å²) in [5.41, 5.74) is -0.0829. The smallest absolute Gasteiger partial charge is 0.416 e. The van der Waals surface area contributed by atoms with Crippen molar-refractivity contribution in [1.29, 1.82) is 0 Å².